The van der Waals surface area contributed by atoms with Gasteiger partial charge in [-0.15, -0.1) is 0 Å². The topological polar surface area (TPSA) is 51.8 Å². The molecule has 52 heavy (non-hydrogen) atoms. The van der Waals surface area contributed by atoms with Crippen LogP contribution < -0.4 is 10.4 Å². The van der Waals surface area contributed by atoms with Gasteiger partial charge in [-0.05, 0) is 68.0 Å². The van der Waals surface area contributed by atoms with E-state index in [4.69, 9.17) is 19.4 Å². The maximum atomic E-state index is 6.45. The quantitative estimate of drug-likeness (QED) is 0.169. The van der Waals surface area contributed by atoms with Crippen LogP contribution in [-0.4, -0.2) is 23.0 Å². The molecule has 5 heteroatoms. The third-order valence-corrected chi connectivity index (χ3v) is 14.1. The van der Waals surface area contributed by atoms with Crippen molar-refractivity contribution in [1.82, 2.24) is 15.0 Å². The summed E-state index contributed by atoms with van der Waals surface area (Å²) in [5, 5.41) is 5.04. The Morgan fingerprint density at radius 1 is 0.404 bits per heavy atom. The number of hydrogen-bond acceptors (Lipinski definition) is 4. The first-order chi connectivity index (χ1) is 25.5. The van der Waals surface area contributed by atoms with Crippen molar-refractivity contribution >= 4 is 40.4 Å². The molecule has 0 saturated carbocycles. The van der Waals surface area contributed by atoms with Gasteiger partial charge in [0, 0.05) is 27.5 Å². The molecule has 0 N–H and O–H groups in total. The molecule has 0 unspecified atom stereocenters. The van der Waals surface area contributed by atoms with Crippen LogP contribution in [0.3, 0.4) is 0 Å². The third kappa shape index (κ3) is 4.78. The van der Waals surface area contributed by atoms with Gasteiger partial charge < -0.3 is 4.42 Å². The minimum absolute atomic E-state index is 0.601. The summed E-state index contributed by atoms with van der Waals surface area (Å²) in [5.74, 6) is 1.88. The summed E-state index contributed by atoms with van der Waals surface area (Å²) in [6.45, 7) is 4.94. The van der Waals surface area contributed by atoms with Gasteiger partial charge >= 0.3 is 0 Å². The van der Waals surface area contributed by atoms with E-state index >= 15 is 0 Å². The van der Waals surface area contributed by atoms with Crippen molar-refractivity contribution in [3.63, 3.8) is 0 Å². The third-order valence-electron chi connectivity index (χ3n) is 10.5. The second-order valence-electron chi connectivity index (χ2n) is 14.0. The molecule has 4 nitrogen and oxygen atoms in total. The molecule has 3 heterocycles. The van der Waals surface area contributed by atoms with Gasteiger partial charge in [0.15, 0.2) is 17.5 Å². The van der Waals surface area contributed by atoms with E-state index < -0.39 is 8.07 Å². The van der Waals surface area contributed by atoms with E-state index in [1.807, 2.05) is 36.4 Å². The van der Waals surface area contributed by atoms with Gasteiger partial charge in [0.25, 0.3) is 0 Å². The number of benzene rings is 7. The van der Waals surface area contributed by atoms with Crippen LogP contribution in [0.5, 0.6) is 0 Å². The molecule has 1 aliphatic heterocycles. The van der Waals surface area contributed by atoms with Gasteiger partial charge in [-0.25, -0.2) is 15.0 Å². The Morgan fingerprint density at radius 2 is 0.981 bits per heavy atom. The molecule has 246 valence electrons. The van der Waals surface area contributed by atoms with Crippen molar-refractivity contribution in [2.75, 3.05) is 0 Å². The first kappa shape index (κ1) is 30.4. The van der Waals surface area contributed by atoms with Gasteiger partial charge in [0.1, 0.15) is 19.2 Å². The van der Waals surface area contributed by atoms with Gasteiger partial charge in [-0.2, -0.15) is 0 Å². The van der Waals surface area contributed by atoms with E-state index in [-0.39, 0.29) is 0 Å². The van der Waals surface area contributed by atoms with Crippen molar-refractivity contribution in [2.24, 2.45) is 0 Å². The maximum Gasteiger partial charge on any atom is 0.164 e. The average Bonchev–Trinajstić information content (AvgIpc) is 3.69. The Kier molecular flexibility index (Phi) is 6.91. The van der Waals surface area contributed by atoms with Crippen LogP contribution in [0.15, 0.2) is 168 Å². The highest BCUT2D eigenvalue weighted by Crippen LogP contribution is 2.42. The summed E-state index contributed by atoms with van der Waals surface area (Å²) >= 11 is 0. The largest absolute Gasteiger partial charge is 0.456 e. The second-order valence-corrected chi connectivity index (χ2v) is 18.3. The van der Waals surface area contributed by atoms with Crippen LogP contribution in [0.1, 0.15) is 0 Å². The molecule has 1 aliphatic rings. The van der Waals surface area contributed by atoms with E-state index in [9.17, 15) is 0 Å². The fourth-order valence-corrected chi connectivity index (χ4v) is 11.6. The van der Waals surface area contributed by atoms with Crippen molar-refractivity contribution < 1.29 is 4.42 Å². The summed E-state index contributed by atoms with van der Waals surface area (Å²) < 4.78 is 6.45. The van der Waals surface area contributed by atoms with Crippen molar-refractivity contribution in [3.8, 4) is 67.5 Å². The zero-order valence-corrected chi connectivity index (χ0v) is 29.8. The van der Waals surface area contributed by atoms with Crippen molar-refractivity contribution in [3.05, 3.63) is 164 Å². The molecule has 7 aromatic carbocycles. The van der Waals surface area contributed by atoms with Gasteiger partial charge in [-0.1, -0.05) is 153 Å². The Labute approximate surface area is 303 Å². The Balaban J connectivity index is 1.29. The lowest BCUT2D eigenvalue weighted by Gasteiger charge is -2.24. The Hall–Kier alpha value is -6.43. The zero-order chi connectivity index (χ0) is 34.8. The van der Waals surface area contributed by atoms with Crippen molar-refractivity contribution in [2.45, 2.75) is 13.1 Å². The summed E-state index contributed by atoms with van der Waals surface area (Å²) in [4.78, 5) is 15.9. The minimum Gasteiger partial charge on any atom is -0.456 e. The minimum atomic E-state index is -2.11. The van der Waals surface area contributed by atoms with E-state index in [2.05, 4.69) is 140 Å². The van der Waals surface area contributed by atoms with Crippen LogP contribution >= 0.6 is 0 Å². The van der Waals surface area contributed by atoms with Gasteiger partial charge in [0.05, 0.1) is 0 Å². The maximum absolute atomic E-state index is 6.45. The van der Waals surface area contributed by atoms with E-state index in [1.54, 1.807) is 0 Å². The summed E-state index contributed by atoms with van der Waals surface area (Å²) in [6.07, 6.45) is 0. The second kappa shape index (κ2) is 11.8. The first-order valence-corrected chi connectivity index (χ1v) is 20.7. The number of furan rings is 1. The number of hydrogen-bond donors (Lipinski definition) is 0. The van der Waals surface area contributed by atoms with Crippen LogP contribution in [0, 0.1) is 0 Å². The molecule has 0 atom stereocenters. The van der Waals surface area contributed by atoms with Crippen molar-refractivity contribution in [1.29, 1.82) is 0 Å². The lowest BCUT2D eigenvalue weighted by Crippen LogP contribution is -2.50. The van der Waals surface area contributed by atoms with E-state index in [0.717, 1.165) is 49.8 Å². The SMILES string of the molecule is C[Si]1(C)c2ccccc2-c2ccc(-c3nc(-c4ccccc4)nc(-c4cc5oc6ccccc6c5cc4-c4ccccc4)n3)c(-c3ccccc3)c21. The van der Waals surface area contributed by atoms with Crippen LogP contribution in [-0.2, 0) is 0 Å². The number of rotatable bonds is 5. The fourth-order valence-electron chi connectivity index (χ4n) is 8.11. The lowest BCUT2D eigenvalue weighted by atomic mass is 9.93. The Bertz CT molecular complexity index is 2810. The highest BCUT2D eigenvalue weighted by Gasteiger charge is 2.40. The van der Waals surface area contributed by atoms with Crippen LogP contribution in [0.4, 0.5) is 0 Å². The van der Waals surface area contributed by atoms with Gasteiger partial charge in [-0.3, -0.25) is 0 Å². The highest BCUT2D eigenvalue weighted by atomic mass is 28.3. The fraction of sp³-hybridized carbons (Fsp3) is 0.0426. The molecular weight excluding hydrogens is 651 g/mol. The Morgan fingerprint density at radius 3 is 1.73 bits per heavy atom. The monoisotopic (exact) mass is 683 g/mol. The molecule has 0 bridgehead atoms. The van der Waals surface area contributed by atoms with Gasteiger partial charge in [0.2, 0.25) is 0 Å². The normalized spacial score (nSPS) is 13.0. The van der Waals surface area contributed by atoms with E-state index in [0.29, 0.717) is 17.5 Å². The number of nitrogens with zero attached hydrogens (tertiary/aromatic N) is 3. The van der Waals surface area contributed by atoms with Crippen LogP contribution in [0.2, 0.25) is 13.1 Å². The first-order valence-electron chi connectivity index (χ1n) is 17.7. The molecule has 2 aromatic heterocycles. The number of aromatic nitrogens is 3. The number of para-hydroxylation sites is 1. The van der Waals surface area contributed by atoms with Crippen LogP contribution in [0.25, 0.3) is 89.5 Å². The summed E-state index contributed by atoms with van der Waals surface area (Å²) in [7, 11) is -2.11. The zero-order valence-electron chi connectivity index (χ0n) is 28.8. The smallest absolute Gasteiger partial charge is 0.164 e. The average molecular weight is 684 g/mol. The molecule has 0 saturated heterocycles. The predicted octanol–water partition coefficient (Wildman–Crippen LogP) is 10.9. The number of fused-ring (bicyclic) bond motifs is 6. The highest BCUT2D eigenvalue weighted by molar-refractivity contribution is 7.04. The molecule has 0 radical (unpaired) electrons. The van der Waals surface area contributed by atoms with E-state index in [1.165, 1.54) is 32.6 Å². The standard InChI is InChI=1S/C47H33N3OSi/c1-52(2)42-25-15-13-23-34(42)35-26-27-36(43(44(35)52)31-18-8-4-9-19-31)46-48-45(32-20-10-5-11-21-32)49-47(50-46)39-29-41-38(33-22-12-14-24-40(33)51-41)28-37(39)30-16-6-3-7-17-30/h3-29H,1-2H3. The lowest BCUT2D eigenvalue weighted by molar-refractivity contribution is 0.669. The summed E-state index contributed by atoms with van der Waals surface area (Å²) in [6, 6.07) is 57.5. The molecule has 0 amide bonds. The summed E-state index contributed by atoms with van der Waals surface area (Å²) in [5.41, 5.74) is 11.6. The molecule has 10 rings (SSSR count). The predicted molar refractivity (Wildman–Crippen MR) is 216 cm³/mol. The molecule has 0 fully saturated rings. The molecule has 0 aliphatic carbocycles. The molecule has 0 spiro atoms. The molecule has 9 aromatic rings. The molecular formula is C47H33N3OSi.